The quantitative estimate of drug-likeness (QED) is 0.791. The summed E-state index contributed by atoms with van der Waals surface area (Å²) in [6.07, 6.45) is -1.69. The van der Waals surface area contributed by atoms with E-state index in [1.165, 1.54) is 9.80 Å². The molecule has 0 aromatic heterocycles. The Hall–Kier alpha value is -1.05. The molecule has 1 aliphatic carbocycles. The van der Waals surface area contributed by atoms with Crippen LogP contribution in [0.3, 0.4) is 0 Å². The summed E-state index contributed by atoms with van der Waals surface area (Å²) < 4.78 is 49.9. The number of amides is 2. The molecule has 8 heteroatoms. The van der Waals surface area contributed by atoms with Crippen molar-refractivity contribution >= 4 is 6.03 Å². The Morgan fingerprint density at radius 3 is 2.26 bits per heavy atom. The maximum atomic E-state index is 12.9. The predicted octanol–water partition coefficient (Wildman–Crippen LogP) is 1.38. The lowest BCUT2D eigenvalue weighted by Gasteiger charge is -2.36. The van der Waals surface area contributed by atoms with Gasteiger partial charge in [-0.15, -0.1) is 0 Å². The Balaban J connectivity index is 1.74. The van der Waals surface area contributed by atoms with E-state index in [2.05, 4.69) is 5.32 Å². The molecule has 0 radical (unpaired) electrons. The summed E-state index contributed by atoms with van der Waals surface area (Å²) in [5, 5.41) is 2.81. The Kier molecular flexibility index (Phi) is 4.17. The third-order valence-electron chi connectivity index (χ3n) is 3.32. The van der Waals surface area contributed by atoms with Crippen LogP contribution in [0.4, 0.5) is 22.4 Å². The molecule has 2 fully saturated rings. The van der Waals surface area contributed by atoms with Crippen LogP contribution in [0.1, 0.15) is 12.8 Å². The summed E-state index contributed by atoms with van der Waals surface area (Å²) in [4.78, 5) is 14.5. The molecular weight excluding hydrogens is 266 g/mol. The fourth-order valence-electron chi connectivity index (χ4n) is 1.97. The van der Waals surface area contributed by atoms with E-state index in [4.69, 9.17) is 0 Å². The lowest BCUT2D eigenvalue weighted by atomic mass is 10.2. The molecule has 1 saturated heterocycles. The number of piperazine rings is 1. The average molecular weight is 283 g/mol. The molecule has 0 unspecified atom stereocenters. The normalized spacial score (nSPS) is 21.8. The molecule has 110 valence electrons. The first-order chi connectivity index (χ1) is 8.88. The number of nitrogens with one attached hydrogen (secondary N) is 1. The molecule has 1 aliphatic heterocycles. The number of hydrogen-bond donors (Lipinski definition) is 1. The first-order valence-corrected chi connectivity index (χ1v) is 6.32. The van der Waals surface area contributed by atoms with Gasteiger partial charge in [0.15, 0.2) is 0 Å². The van der Waals surface area contributed by atoms with E-state index in [0.717, 1.165) is 12.8 Å². The molecule has 0 aromatic rings. The van der Waals surface area contributed by atoms with Crippen LogP contribution in [0, 0.1) is 0 Å². The van der Waals surface area contributed by atoms with E-state index in [1.54, 1.807) is 0 Å². The third-order valence-corrected chi connectivity index (χ3v) is 3.32. The van der Waals surface area contributed by atoms with E-state index in [9.17, 15) is 22.4 Å². The van der Waals surface area contributed by atoms with Gasteiger partial charge in [-0.1, -0.05) is 0 Å². The molecule has 4 nitrogen and oxygen atoms in total. The van der Waals surface area contributed by atoms with E-state index in [0.29, 0.717) is 0 Å². The van der Waals surface area contributed by atoms with Gasteiger partial charge in [-0.05, 0) is 12.8 Å². The van der Waals surface area contributed by atoms with Gasteiger partial charge in [-0.2, -0.15) is 8.78 Å². The first-order valence-electron chi connectivity index (χ1n) is 6.32. The van der Waals surface area contributed by atoms with Gasteiger partial charge in [0.2, 0.25) is 0 Å². The third kappa shape index (κ3) is 3.95. The maximum Gasteiger partial charge on any atom is 0.319 e. The van der Waals surface area contributed by atoms with Gasteiger partial charge >= 0.3 is 18.4 Å². The first kappa shape index (κ1) is 14.4. The van der Waals surface area contributed by atoms with E-state index < -0.39 is 18.9 Å². The summed E-state index contributed by atoms with van der Waals surface area (Å²) in [6, 6.07) is 0.0523. The van der Waals surface area contributed by atoms with Crippen molar-refractivity contribution < 1.29 is 22.4 Å². The Morgan fingerprint density at radius 2 is 1.79 bits per heavy atom. The number of nitrogens with zero attached hydrogens (tertiary/aromatic N) is 2. The molecule has 1 saturated carbocycles. The minimum absolute atomic E-state index is 0.192. The van der Waals surface area contributed by atoms with Crippen LogP contribution in [-0.4, -0.2) is 66.9 Å². The van der Waals surface area contributed by atoms with Crippen LogP contribution in [0.25, 0.3) is 0 Å². The number of hydrogen-bond acceptors (Lipinski definition) is 2. The molecule has 0 aromatic carbocycles. The zero-order valence-electron chi connectivity index (χ0n) is 10.4. The number of rotatable bonds is 4. The van der Waals surface area contributed by atoms with Crippen LogP contribution in [-0.2, 0) is 0 Å². The monoisotopic (exact) mass is 283 g/mol. The summed E-state index contributed by atoms with van der Waals surface area (Å²) in [5.41, 5.74) is 0. The van der Waals surface area contributed by atoms with Crippen molar-refractivity contribution in [3.05, 3.63) is 0 Å². The molecular formula is C11H17F4N3O. The van der Waals surface area contributed by atoms with Gasteiger partial charge in [0.25, 0.3) is 0 Å². The average Bonchev–Trinajstić information content (AvgIpc) is 3.13. The standard InChI is InChI=1S/C11H17F4N3O/c12-9(13)11(14,15)7-17-3-5-18(6-4-17)10(19)16-8-1-2-8/h8-9H,1-7H2,(H,16,19). The second kappa shape index (κ2) is 5.52. The fourth-order valence-corrected chi connectivity index (χ4v) is 1.97. The summed E-state index contributed by atoms with van der Waals surface area (Å²) in [5.74, 6) is -3.99. The zero-order chi connectivity index (χ0) is 14.0. The predicted molar refractivity (Wildman–Crippen MR) is 60.5 cm³/mol. The minimum atomic E-state index is -3.99. The fraction of sp³-hybridized carbons (Fsp3) is 0.909. The number of alkyl halides is 4. The highest BCUT2D eigenvalue weighted by Gasteiger charge is 2.42. The molecule has 0 spiro atoms. The molecule has 0 bridgehead atoms. The van der Waals surface area contributed by atoms with E-state index in [-0.39, 0.29) is 38.3 Å². The second-order valence-corrected chi connectivity index (χ2v) is 5.05. The number of carbonyl (C=O) groups is 1. The minimum Gasteiger partial charge on any atom is -0.335 e. The number of halogens is 4. The largest absolute Gasteiger partial charge is 0.335 e. The van der Waals surface area contributed by atoms with Gasteiger partial charge < -0.3 is 10.2 Å². The Morgan fingerprint density at radius 1 is 1.21 bits per heavy atom. The van der Waals surface area contributed by atoms with Gasteiger partial charge in [0, 0.05) is 32.2 Å². The highest BCUT2D eigenvalue weighted by molar-refractivity contribution is 5.75. The van der Waals surface area contributed by atoms with Crippen molar-refractivity contribution in [3.63, 3.8) is 0 Å². The van der Waals surface area contributed by atoms with Gasteiger partial charge in [-0.25, -0.2) is 13.6 Å². The molecule has 2 rings (SSSR count). The highest BCUT2D eigenvalue weighted by atomic mass is 19.3. The van der Waals surface area contributed by atoms with Crippen LogP contribution < -0.4 is 5.32 Å². The molecule has 19 heavy (non-hydrogen) atoms. The van der Waals surface area contributed by atoms with Gasteiger partial charge in [-0.3, -0.25) is 4.90 Å². The molecule has 1 heterocycles. The van der Waals surface area contributed by atoms with Crippen LogP contribution in [0.2, 0.25) is 0 Å². The number of carbonyl (C=O) groups excluding carboxylic acids is 1. The SMILES string of the molecule is O=C(NC1CC1)N1CCN(CC(F)(F)C(F)F)CC1. The lowest BCUT2D eigenvalue weighted by molar-refractivity contribution is -0.144. The second-order valence-electron chi connectivity index (χ2n) is 5.05. The van der Waals surface area contributed by atoms with E-state index in [1.807, 2.05) is 0 Å². The van der Waals surface area contributed by atoms with Crippen molar-refractivity contribution in [2.45, 2.75) is 31.2 Å². The topological polar surface area (TPSA) is 35.6 Å². The summed E-state index contributed by atoms with van der Waals surface area (Å²) in [6.45, 7) is 0.0132. The van der Waals surface area contributed by atoms with Crippen LogP contribution in [0.15, 0.2) is 0 Å². The summed E-state index contributed by atoms with van der Waals surface area (Å²) in [7, 11) is 0. The molecule has 2 aliphatic rings. The molecule has 1 N–H and O–H groups in total. The van der Waals surface area contributed by atoms with E-state index >= 15 is 0 Å². The summed E-state index contributed by atoms with van der Waals surface area (Å²) >= 11 is 0. The lowest BCUT2D eigenvalue weighted by Crippen LogP contribution is -2.54. The number of urea groups is 1. The van der Waals surface area contributed by atoms with Crippen molar-refractivity contribution in [2.24, 2.45) is 0 Å². The maximum absolute atomic E-state index is 12.9. The van der Waals surface area contributed by atoms with Crippen molar-refractivity contribution in [3.8, 4) is 0 Å². The highest BCUT2D eigenvalue weighted by Crippen LogP contribution is 2.24. The Labute approximate surface area is 108 Å². The van der Waals surface area contributed by atoms with Crippen molar-refractivity contribution in [2.75, 3.05) is 32.7 Å². The Bertz CT molecular complexity index is 328. The van der Waals surface area contributed by atoms with Crippen LogP contribution in [0.5, 0.6) is 0 Å². The molecule has 2 amide bonds. The molecule has 0 atom stereocenters. The van der Waals surface area contributed by atoms with Gasteiger partial charge in [0.1, 0.15) is 0 Å². The van der Waals surface area contributed by atoms with Crippen molar-refractivity contribution in [1.82, 2.24) is 15.1 Å². The van der Waals surface area contributed by atoms with Crippen molar-refractivity contribution in [1.29, 1.82) is 0 Å². The van der Waals surface area contributed by atoms with Gasteiger partial charge in [0.05, 0.1) is 6.54 Å². The smallest absolute Gasteiger partial charge is 0.319 e. The zero-order valence-corrected chi connectivity index (χ0v) is 10.4. The van der Waals surface area contributed by atoms with Crippen LogP contribution >= 0.6 is 0 Å².